The van der Waals surface area contributed by atoms with Crippen LogP contribution in [0, 0.1) is 0 Å². The van der Waals surface area contributed by atoms with Crippen LogP contribution in [-0.2, 0) is 18.3 Å². The van der Waals surface area contributed by atoms with E-state index in [0.29, 0.717) is 5.33 Å². The van der Waals surface area contributed by atoms with Crippen LogP contribution in [0.4, 0.5) is 4.79 Å². The van der Waals surface area contributed by atoms with Crippen LogP contribution in [0.3, 0.4) is 0 Å². The van der Waals surface area contributed by atoms with Crippen LogP contribution in [0.25, 0.3) is 0 Å². The maximum absolute atomic E-state index is 12.8. The molecule has 1 unspecified atom stereocenters. The highest BCUT2D eigenvalue weighted by atomic mass is 79.9. The van der Waals surface area contributed by atoms with Gasteiger partial charge in [-0.05, 0) is 40.0 Å². The van der Waals surface area contributed by atoms with Crippen molar-refractivity contribution >= 4 is 29.6 Å². The quantitative estimate of drug-likeness (QED) is 0.0566. The third-order valence-corrected chi connectivity index (χ3v) is 8.04. The van der Waals surface area contributed by atoms with E-state index in [1.54, 1.807) is 26.8 Å². The molecule has 0 heterocycles. The Morgan fingerprint density at radius 2 is 1.58 bits per heavy atom. The molecule has 2 N–H and O–H groups in total. The maximum atomic E-state index is 12.8. The van der Waals surface area contributed by atoms with E-state index in [-0.39, 0.29) is 19.2 Å². The minimum atomic E-state index is -3.31. The van der Waals surface area contributed by atoms with Crippen molar-refractivity contribution in [1.29, 1.82) is 0 Å². The van der Waals surface area contributed by atoms with E-state index in [1.807, 2.05) is 6.08 Å². The number of nitrogens with one attached hydrogen (secondary N) is 1. The fourth-order valence-corrected chi connectivity index (χ4v) is 5.56. The maximum Gasteiger partial charge on any atom is 0.407 e. The molecule has 0 aromatic carbocycles. The van der Waals surface area contributed by atoms with Gasteiger partial charge in [-0.3, -0.25) is 4.57 Å². The number of unbranched alkanes of at least 4 members (excludes halogenated alkanes) is 11. The van der Waals surface area contributed by atoms with Crippen molar-refractivity contribution in [2.24, 2.45) is 0 Å². The summed E-state index contributed by atoms with van der Waals surface area (Å²) in [5.74, 6) is 0. The van der Waals surface area contributed by atoms with Crippen LogP contribution in [0.5, 0.6) is 0 Å². The molecule has 3 atom stereocenters. The first kappa shape index (κ1) is 35.6. The van der Waals surface area contributed by atoms with E-state index in [0.717, 1.165) is 12.8 Å². The van der Waals surface area contributed by atoms with Crippen molar-refractivity contribution < 1.29 is 28.3 Å². The lowest BCUT2D eigenvalue weighted by molar-refractivity contribution is 0.0451. The van der Waals surface area contributed by atoms with Crippen LogP contribution in [0.2, 0.25) is 0 Å². The minimum absolute atomic E-state index is 0.0699. The molecule has 0 saturated heterocycles. The first-order valence-electron chi connectivity index (χ1n) is 13.8. The number of alkyl halides is 1. The standard InChI is InChI=1S/C27H53BrNO6P/c1-6-7-8-9-10-11-12-13-14-15-16-17-18-19-25(30)24(29-26(31)35-27(2,3)4)20-23-36(32,33-5)34-22-21-28/h18-19,24-25,30H,6-17,20-23H2,1-5H3,(H,29,31)/b19-18+/t24-,25+,36?/m0/s1. The Labute approximate surface area is 229 Å². The third kappa shape index (κ3) is 20.6. The fourth-order valence-electron chi connectivity index (χ4n) is 3.76. The molecule has 0 radical (unpaired) electrons. The predicted octanol–water partition coefficient (Wildman–Crippen LogP) is 8.14. The molecule has 0 rings (SSSR count). The monoisotopic (exact) mass is 597 g/mol. The van der Waals surface area contributed by atoms with Crippen molar-refractivity contribution in [3.63, 3.8) is 0 Å². The molecule has 0 bridgehead atoms. The highest BCUT2D eigenvalue weighted by molar-refractivity contribution is 9.09. The summed E-state index contributed by atoms with van der Waals surface area (Å²) in [6.45, 7) is 7.83. The average Bonchev–Trinajstić information content (AvgIpc) is 2.82. The lowest BCUT2D eigenvalue weighted by Crippen LogP contribution is -2.45. The third-order valence-electron chi connectivity index (χ3n) is 5.78. The molecule has 36 heavy (non-hydrogen) atoms. The van der Waals surface area contributed by atoms with Gasteiger partial charge in [-0.1, -0.05) is 99.2 Å². The van der Waals surface area contributed by atoms with Crippen molar-refractivity contribution in [2.75, 3.05) is 25.2 Å². The predicted molar refractivity (Wildman–Crippen MR) is 153 cm³/mol. The Morgan fingerprint density at radius 3 is 2.08 bits per heavy atom. The number of carbonyl (C=O) groups excluding carboxylic acids is 1. The van der Waals surface area contributed by atoms with E-state index >= 15 is 0 Å². The molecule has 0 aromatic heterocycles. The summed E-state index contributed by atoms with van der Waals surface area (Å²) in [7, 11) is -1.97. The van der Waals surface area contributed by atoms with Gasteiger partial charge in [0.05, 0.1) is 24.9 Å². The minimum Gasteiger partial charge on any atom is -0.444 e. The van der Waals surface area contributed by atoms with Crippen LogP contribution >= 0.6 is 23.5 Å². The van der Waals surface area contributed by atoms with Crippen molar-refractivity contribution in [1.82, 2.24) is 5.32 Å². The Bertz CT molecular complexity index is 626. The summed E-state index contributed by atoms with van der Waals surface area (Å²) >= 11 is 3.24. The zero-order chi connectivity index (χ0) is 27.3. The van der Waals surface area contributed by atoms with Gasteiger partial charge in [0.15, 0.2) is 0 Å². The Kier molecular flexibility index (Phi) is 21.3. The highest BCUT2D eigenvalue weighted by Gasteiger charge is 2.29. The van der Waals surface area contributed by atoms with Gasteiger partial charge >= 0.3 is 13.7 Å². The van der Waals surface area contributed by atoms with Crippen LogP contribution < -0.4 is 5.32 Å². The van der Waals surface area contributed by atoms with Gasteiger partial charge in [0.1, 0.15) is 5.60 Å². The molecule has 214 valence electrons. The molecule has 0 aliphatic heterocycles. The first-order valence-corrected chi connectivity index (χ1v) is 16.6. The van der Waals surface area contributed by atoms with Crippen LogP contribution in [0.15, 0.2) is 12.2 Å². The van der Waals surface area contributed by atoms with Gasteiger partial charge < -0.3 is 24.2 Å². The number of allylic oxidation sites excluding steroid dienone is 1. The van der Waals surface area contributed by atoms with E-state index in [2.05, 4.69) is 28.2 Å². The number of hydrogen-bond acceptors (Lipinski definition) is 6. The smallest absolute Gasteiger partial charge is 0.407 e. The number of halogens is 1. The lowest BCUT2D eigenvalue weighted by Gasteiger charge is -2.26. The van der Waals surface area contributed by atoms with Gasteiger partial charge in [-0.2, -0.15) is 0 Å². The van der Waals surface area contributed by atoms with Crippen molar-refractivity contribution in [2.45, 2.75) is 129 Å². The molecule has 0 spiro atoms. The van der Waals surface area contributed by atoms with Gasteiger partial charge in [0.25, 0.3) is 0 Å². The number of hydrogen-bond donors (Lipinski definition) is 2. The molecule has 0 aliphatic rings. The molecule has 0 aromatic rings. The summed E-state index contributed by atoms with van der Waals surface area (Å²) in [4.78, 5) is 12.3. The zero-order valence-electron chi connectivity index (χ0n) is 23.4. The fraction of sp³-hybridized carbons (Fsp3) is 0.889. The number of amides is 1. The Hall–Kier alpha value is -0.400. The van der Waals surface area contributed by atoms with Crippen LogP contribution in [0.1, 0.15) is 111 Å². The van der Waals surface area contributed by atoms with Gasteiger partial charge in [0, 0.05) is 12.4 Å². The molecule has 7 nitrogen and oxygen atoms in total. The Balaban J connectivity index is 4.53. The largest absolute Gasteiger partial charge is 0.444 e. The van der Waals surface area contributed by atoms with E-state index in [1.165, 1.54) is 71.3 Å². The molecule has 0 saturated carbocycles. The second kappa shape index (κ2) is 21.5. The van der Waals surface area contributed by atoms with Gasteiger partial charge in [0.2, 0.25) is 0 Å². The number of alkyl carbamates (subject to hydrolysis) is 1. The van der Waals surface area contributed by atoms with Crippen molar-refractivity contribution in [3.8, 4) is 0 Å². The average molecular weight is 599 g/mol. The SMILES string of the molecule is CCCCCCCCCCCCC/C=C/[C@@H](O)[C@H](CCP(=O)(OC)OCCBr)NC(=O)OC(C)(C)C. The second-order valence-electron chi connectivity index (χ2n) is 10.3. The van der Waals surface area contributed by atoms with E-state index in [4.69, 9.17) is 13.8 Å². The number of aliphatic hydroxyl groups is 1. The molecule has 0 aliphatic carbocycles. The Morgan fingerprint density at radius 1 is 1.03 bits per heavy atom. The van der Waals surface area contributed by atoms with Gasteiger partial charge in [-0.25, -0.2) is 4.79 Å². The molecular formula is C27H53BrNO6P. The summed E-state index contributed by atoms with van der Waals surface area (Å²) in [5, 5.41) is 14.0. The summed E-state index contributed by atoms with van der Waals surface area (Å²) in [6.07, 6.45) is 17.5. The highest BCUT2D eigenvalue weighted by Crippen LogP contribution is 2.48. The molecule has 0 fully saturated rings. The summed E-state index contributed by atoms with van der Waals surface area (Å²) < 4.78 is 28.6. The normalized spacial score (nSPS) is 15.5. The number of ether oxygens (including phenoxy) is 1. The summed E-state index contributed by atoms with van der Waals surface area (Å²) in [5.41, 5.74) is -0.661. The van der Waals surface area contributed by atoms with Gasteiger partial charge in [-0.15, -0.1) is 0 Å². The molecule has 1 amide bonds. The van der Waals surface area contributed by atoms with Crippen LogP contribution in [-0.4, -0.2) is 54.2 Å². The number of carbonyl (C=O) groups is 1. The first-order chi connectivity index (χ1) is 17.1. The number of aliphatic hydroxyl groups excluding tert-OH is 1. The second-order valence-corrected chi connectivity index (χ2v) is 13.4. The lowest BCUT2D eigenvalue weighted by atomic mass is 10.0. The zero-order valence-corrected chi connectivity index (χ0v) is 25.9. The topological polar surface area (TPSA) is 94.1 Å². The van der Waals surface area contributed by atoms with Crippen molar-refractivity contribution in [3.05, 3.63) is 12.2 Å². The van der Waals surface area contributed by atoms with E-state index < -0.39 is 31.4 Å². The number of rotatable bonds is 22. The molecule has 9 heteroatoms. The van der Waals surface area contributed by atoms with E-state index in [9.17, 15) is 14.5 Å². The summed E-state index contributed by atoms with van der Waals surface area (Å²) in [6, 6.07) is -0.676. The molecular weight excluding hydrogens is 545 g/mol.